The van der Waals surface area contributed by atoms with Crippen molar-refractivity contribution >= 4 is 6.09 Å². The second kappa shape index (κ2) is 4.46. The SMILES string of the molecule is CCOC(=O)NCC1(OC)CCC1. The lowest BCUT2D eigenvalue weighted by atomic mass is 9.80. The topological polar surface area (TPSA) is 47.6 Å². The monoisotopic (exact) mass is 187 g/mol. The van der Waals surface area contributed by atoms with Crippen molar-refractivity contribution in [3.05, 3.63) is 0 Å². The third kappa shape index (κ3) is 2.59. The molecule has 0 bridgehead atoms. The van der Waals surface area contributed by atoms with Gasteiger partial charge in [-0.05, 0) is 26.2 Å². The summed E-state index contributed by atoms with van der Waals surface area (Å²) in [6.07, 6.45) is 2.87. The average Bonchev–Trinajstić information content (AvgIpc) is 2.04. The molecule has 0 aromatic rings. The summed E-state index contributed by atoms with van der Waals surface area (Å²) >= 11 is 0. The molecular weight excluding hydrogens is 170 g/mol. The minimum absolute atomic E-state index is 0.118. The molecule has 0 aromatic heterocycles. The van der Waals surface area contributed by atoms with E-state index in [4.69, 9.17) is 9.47 Å². The molecule has 1 aliphatic carbocycles. The molecule has 0 spiro atoms. The summed E-state index contributed by atoms with van der Waals surface area (Å²) in [5.41, 5.74) is -0.118. The smallest absolute Gasteiger partial charge is 0.407 e. The Hall–Kier alpha value is -0.770. The summed E-state index contributed by atoms with van der Waals surface area (Å²) in [4.78, 5) is 11.0. The number of methoxy groups -OCH3 is 1. The molecular formula is C9H17NO3. The van der Waals surface area contributed by atoms with Crippen LogP contribution in [0.2, 0.25) is 0 Å². The number of amides is 1. The van der Waals surface area contributed by atoms with Crippen LogP contribution in [0.4, 0.5) is 4.79 Å². The molecule has 1 rings (SSSR count). The van der Waals surface area contributed by atoms with E-state index in [9.17, 15) is 4.79 Å². The summed E-state index contributed by atoms with van der Waals surface area (Å²) in [6, 6.07) is 0. The Morgan fingerprint density at radius 3 is 2.62 bits per heavy atom. The Kier molecular flexibility index (Phi) is 3.54. The van der Waals surface area contributed by atoms with Gasteiger partial charge in [0, 0.05) is 13.7 Å². The highest BCUT2D eigenvalue weighted by Crippen LogP contribution is 2.34. The molecule has 0 aliphatic heterocycles. The zero-order valence-electron chi connectivity index (χ0n) is 8.26. The van der Waals surface area contributed by atoms with Crippen LogP contribution in [0.25, 0.3) is 0 Å². The molecule has 0 saturated heterocycles. The zero-order chi connectivity index (χ0) is 9.73. The minimum Gasteiger partial charge on any atom is -0.450 e. The van der Waals surface area contributed by atoms with E-state index >= 15 is 0 Å². The van der Waals surface area contributed by atoms with E-state index < -0.39 is 0 Å². The lowest BCUT2D eigenvalue weighted by molar-refractivity contribution is -0.0686. The van der Waals surface area contributed by atoms with E-state index in [1.807, 2.05) is 0 Å². The number of alkyl carbamates (subject to hydrolysis) is 1. The fourth-order valence-electron chi connectivity index (χ4n) is 1.44. The molecule has 1 saturated carbocycles. The second-order valence-corrected chi connectivity index (χ2v) is 3.31. The van der Waals surface area contributed by atoms with Crippen molar-refractivity contribution < 1.29 is 14.3 Å². The van der Waals surface area contributed by atoms with Gasteiger partial charge in [-0.15, -0.1) is 0 Å². The molecule has 4 heteroatoms. The van der Waals surface area contributed by atoms with Crippen LogP contribution in [0.1, 0.15) is 26.2 Å². The van der Waals surface area contributed by atoms with E-state index in [0.29, 0.717) is 13.2 Å². The van der Waals surface area contributed by atoms with E-state index in [2.05, 4.69) is 5.32 Å². The molecule has 4 nitrogen and oxygen atoms in total. The van der Waals surface area contributed by atoms with Crippen LogP contribution in [0.3, 0.4) is 0 Å². The normalized spacial score (nSPS) is 18.9. The molecule has 0 atom stereocenters. The van der Waals surface area contributed by atoms with Gasteiger partial charge in [-0.1, -0.05) is 0 Å². The fourth-order valence-corrected chi connectivity index (χ4v) is 1.44. The number of hydrogen-bond donors (Lipinski definition) is 1. The van der Waals surface area contributed by atoms with Crippen LogP contribution in [0.15, 0.2) is 0 Å². The Morgan fingerprint density at radius 2 is 2.23 bits per heavy atom. The number of ether oxygens (including phenoxy) is 2. The first-order chi connectivity index (χ1) is 6.22. The number of hydrogen-bond acceptors (Lipinski definition) is 3. The molecule has 1 amide bonds. The van der Waals surface area contributed by atoms with Gasteiger partial charge in [-0.3, -0.25) is 0 Å². The first kappa shape index (κ1) is 10.3. The summed E-state index contributed by atoms with van der Waals surface area (Å²) in [5, 5.41) is 2.69. The summed E-state index contributed by atoms with van der Waals surface area (Å²) in [5.74, 6) is 0. The van der Waals surface area contributed by atoms with E-state index in [-0.39, 0.29) is 11.7 Å². The fraction of sp³-hybridized carbons (Fsp3) is 0.889. The second-order valence-electron chi connectivity index (χ2n) is 3.31. The maximum atomic E-state index is 11.0. The van der Waals surface area contributed by atoms with E-state index in [0.717, 1.165) is 12.8 Å². The lowest BCUT2D eigenvalue weighted by Crippen LogP contribution is -2.49. The number of nitrogens with one attached hydrogen (secondary N) is 1. The first-order valence-electron chi connectivity index (χ1n) is 4.68. The third-order valence-corrected chi connectivity index (χ3v) is 2.53. The standard InChI is InChI=1S/C9H17NO3/c1-3-13-8(11)10-7-9(12-2)5-4-6-9/h3-7H2,1-2H3,(H,10,11). The quantitative estimate of drug-likeness (QED) is 0.721. The highest BCUT2D eigenvalue weighted by molar-refractivity contribution is 5.67. The first-order valence-corrected chi connectivity index (χ1v) is 4.68. The van der Waals surface area contributed by atoms with E-state index in [1.165, 1.54) is 6.42 Å². The van der Waals surface area contributed by atoms with Crippen molar-refractivity contribution in [1.82, 2.24) is 5.32 Å². The van der Waals surface area contributed by atoms with Gasteiger partial charge in [-0.2, -0.15) is 0 Å². The van der Waals surface area contributed by atoms with Crippen molar-refractivity contribution in [1.29, 1.82) is 0 Å². The van der Waals surface area contributed by atoms with Crippen molar-refractivity contribution in [3.63, 3.8) is 0 Å². The van der Waals surface area contributed by atoms with Crippen molar-refractivity contribution in [2.45, 2.75) is 31.8 Å². The maximum Gasteiger partial charge on any atom is 0.407 e. The van der Waals surface area contributed by atoms with Crippen molar-refractivity contribution in [3.8, 4) is 0 Å². The largest absolute Gasteiger partial charge is 0.450 e. The lowest BCUT2D eigenvalue weighted by Gasteiger charge is -2.40. The summed E-state index contributed by atoms with van der Waals surface area (Å²) < 4.78 is 10.1. The molecule has 1 fully saturated rings. The Bertz CT molecular complexity index is 172. The van der Waals surface area contributed by atoms with Crippen molar-refractivity contribution in [2.24, 2.45) is 0 Å². The van der Waals surface area contributed by atoms with Gasteiger partial charge < -0.3 is 14.8 Å². The number of rotatable bonds is 4. The van der Waals surface area contributed by atoms with Crippen LogP contribution >= 0.6 is 0 Å². The Morgan fingerprint density at radius 1 is 1.54 bits per heavy atom. The molecule has 0 heterocycles. The Balaban J connectivity index is 2.20. The molecule has 76 valence electrons. The molecule has 0 aromatic carbocycles. The minimum atomic E-state index is -0.356. The highest BCUT2D eigenvalue weighted by atomic mass is 16.5. The number of carbonyl (C=O) groups excluding carboxylic acids is 1. The summed E-state index contributed by atoms with van der Waals surface area (Å²) in [7, 11) is 1.69. The molecule has 1 aliphatic rings. The average molecular weight is 187 g/mol. The highest BCUT2D eigenvalue weighted by Gasteiger charge is 2.37. The van der Waals surface area contributed by atoms with Gasteiger partial charge in [0.15, 0.2) is 0 Å². The number of carbonyl (C=O) groups is 1. The van der Waals surface area contributed by atoms with E-state index in [1.54, 1.807) is 14.0 Å². The zero-order valence-corrected chi connectivity index (χ0v) is 8.26. The maximum absolute atomic E-state index is 11.0. The van der Waals surface area contributed by atoms with Gasteiger partial charge in [0.25, 0.3) is 0 Å². The van der Waals surface area contributed by atoms with Gasteiger partial charge >= 0.3 is 6.09 Å². The van der Waals surface area contributed by atoms with Crippen LogP contribution in [0.5, 0.6) is 0 Å². The Labute approximate surface area is 78.6 Å². The summed E-state index contributed by atoms with van der Waals surface area (Å²) in [6.45, 7) is 2.75. The molecule has 1 N–H and O–H groups in total. The predicted octanol–water partition coefficient (Wildman–Crippen LogP) is 1.30. The van der Waals surface area contributed by atoms with Gasteiger partial charge in [0.2, 0.25) is 0 Å². The van der Waals surface area contributed by atoms with Crippen LogP contribution in [-0.4, -0.2) is 32.0 Å². The van der Waals surface area contributed by atoms with Gasteiger partial charge in [0.1, 0.15) is 0 Å². The molecule has 13 heavy (non-hydrogen) atoms. The van der Waals surface area contributed by atoms with Gasteiger partial charge in [-0.25, -0.2) is 4.79 Å². The van der Waals surface area contributed by atoms with Gasteiger partial charge in [0.05, 0.1) is 12.2 Å². The van der Waals surface area contributed by atoms with Crippen LogP contribution < -0.4 is 5.32 Å². The predicted molar refractivity (Wildman–Crippen MR) is 48.6 cm³/mol. The third-order valence-electron chi connectivity index (χ3n) is 2.53. The molecule has 0 radical (unpaired) electrons. The van der Waals surface area contributed by atoms with Crippen LogP contribution in [-0.2, 0) is 9.47 Å². The van der Waals surface area contributed by atoms with Crippen LogP contribution in [0, 0.1) is 0 Å². The molecule has 0 unspecified atom stereocenters. The van der Waals surface area contributed by atoms with Crippen molar-refractivity contribution in [2.75, 3.05) is 20.3 Å².